The van der Waals surface area contributed by atoms with Gasteiger partial charge in [-0.15, -0.1) is 0 Å². The van der Waals surface area contributed by atoms with Crippen molar-refractivity contribution in [1.29, 1.82) is 0 Å². The van der Waals surface area contributed by atoms with Crippen LogP contribution in [-0.4, -0.2) is 17.8 Å². The van der Waals surface area contributed by atoms with Crippen LogP contribution in [0.1, 0.15) is 20.3 Å². The number of nitrogens with zero attached hydrogens (tertiary/aromatic N) is 1. The lowest BCUT2D eigenvalue weighted by atomic mass is 10.1. The molecule has 98 valence electrons. The summed E-state index contributed by atoms with van der Waals surface area (Å²) in [4.78, 5) is 0. The predicted octanol–water partition coefficient (Wildman–Crippen LogP) is 3.84. The molecule has 0 spiro atoms. The molecule has 1 aromatic carbocycles. The fraction of sp³-hybridized carbons (Fsp3) is 0.467. The van der Waals surface area contributed by atoms with Gasteiger partial charge < -0.3 is 9.30 Å². The predicted molar refractivity (Wildman–Crippen MR) is 72.2 cm³/mol. The fourth-order valence-corrected chi connectivity index (χ4v) is 1.96. The van der Waals surface area contributed by atoms with Crippen molar-refractivity contribution in [3.63, 3.8) is 0 Å². The first-order valence-electron chi connectivity index (χ1n) is 6.49. The smallest absolute Gasteiger partial charge is 0.132 e. The Kier molecular flexibility index (Phi) is 4.37. The number of fused-ring (bicyclic) bond motifs is 1. The Morgan fingerprint density at radius 3 is 2.83 bits per heavy atom. The number of aromatic nitrogens is 1. The first-order valence-corrected chi connectivity index (χ1v) is 6.49. The molecule has 0 unspecified atom stereocenters. The monoisotopic (exact) mass is 249 g/mol. The van der Waals surface area contributed by atoms with Gasteiger partial charge in [0.2, 0.25) is 0 Å². The first-order chi connectivity index (χ1) is 8.68. The molecular weight excluding hydrogens is 229 g/mol. The van der Waals surface area contributed by atoms with E-state index in [-0.39, 0.29) is 5.82 Å². The molecule has 0 atom stereocenters. The van der Waals surface area contributed by atoms with E-state index < -0.39 is 0 Å². The zero-order valence-electron chi connectivity index (χ0n) is 11.0. The third-order valence-corrected chi connectivity index (χ3v) is 3.08. The molecule has 0 saturated carbocycles. The standard InChI is InChI=1S/C15H20FNO/c1-12(2)7-10-18-11-9-17-8-6-13-14(16)4-3-5-15(13)17/h3-6,8,12H,7,9-11H2,1-2H3. The molecule has 0 bridgehead atoms. The van der Waals surface area contributed by atoms with E-state index in [0.29, 0.717) is 17.9 Å². The van der Waals surface area contributed by atoms with E-state index in [0.717, 1.165) is 25.1 Å². The number of halogens is 1. The summed E-state index contributed by atoms with van der Waals surface area (Å²) < 4.78 is 21.1. The molecule has 0 aliphatic heterocycles. The largest absolute Gasteiger partial charge is 0.380 e. The van der Waals surface area contributed by atoms with Crippen molar-refractivity contribution in [1.82, 2.24) is 4.57 Å². The van der Waals surface area contributed by atoms with E-state index in [1.807, 2.05) is 22.9 Å². The van der Waals surface area contributed by atoms with Gasteiger partial charge in [0.1, 0.15) is 5.82 Å². The molecule has 2 nitrogen and oxygen atoms in total. The van der Waals surface area contributed by atoms with Crippen LogP contribution in [0.15, 0.2) is 30.5 Å². The summed E-state index contributed by atoms with van der Waals surface area (Å²) in [6, 6.07) is 6.99. The second-order valence-electron chi connectivity index (χ2n) is 4.98. The third-order valence-electron chi connectivity index (χ3n) is 3.08. The maximum atomic E-state index is 13.5. The Balaban J connectivity index is 1.90. The molecule has 18 heavy (non-hydrogen) atoms. The lowest BCUT2D eigenvalue weighted by Crippen LogP contribution is -2.07. The summed E-state index contributed by atoms with van der Waals surface area (Å²) in [6.07, 6.45) is 3.00. The minimum absolute atomic E-state index is 0.160. The normalized spacial score (nSPS) is 11.6. The number of ether oxygens (including phenoxy) is 1. The number of hydrogen-bond donors (Lipinski definition) is 0. The number of rotatable bonds is 6. The van der Waals surface area contributed by atoms with Crippen molar-refractivity contribution >= 4 is 10.9 Å². The van der Waals surface area contributed by atoms with Crippen LogP contribution in [0.2, 0.25) is 0 Å². The molecule has 0 saturated heterocycles. The van der Waals surface area contributed by atoms with Crippen LogP contribution in [-0.2, 0) is 11.3 Å². The fourth-order valence-electron chi connectivity index (χ4n) is 1.96. The van der Waals surface area contributed by atoms with Gasteiger partial charge in [0.15, 0.2) is 0 Å². The van der Waals surface area contributed by atoms with E-state index >= 15 is 0 Å². The van der Waals surface area contributed by atoms with Crippen LogP contribution in [0.25, 0.3) is 10.9 Å². The van der Waals surface area contributed by atoms with Gasteiger partial charge in [-0.25, -0.2) is 4.39 Å². The molecule has 0 aliphatic carbocycles. The minimum Gasteiger partial charge on any atom is -0.380 e. The van der Waals surface area contributed by atoms with Gasteiger partial charge in [-0.1, -0.05) is 19.9 Å². The quantitative estimate of drug-likeness (QED) is 0.709. The number of hydrogen-bond acceptors (Lipinski definition) is 1. The average Bonchev–Trinajstić information content (AvgIpc) is 2.73. The highest BCUT2D eigenvalue weighted by Gasteiger charge is 2.04. The van der Waals surface area contributed by atoms with E-state index in [1.165, 1.54) is 6.07 Å². The van der Waals surface area contributed by atoms with Crippen molar-refractivity contribution in [3.05, 3.63) is 36.3 Å². The molecule has 0 aliphatic rings. The van der Waals surface area contributed by atoms with Crippen LogP contribution in [0.4, 0.5) is 4.39 Å². The molecule has 0 N–H and O–H groups in total. The molecule has 2 aromatic rings. The zero-order chi connectivity index (χ0) is 13.0. The molecule has 0 radical (unpaired) electrons. The summed E-state index contributed by atoms with van der Waals surface area (Å²) in [5.41, 5.74) is 0.933. The average molecular weight is 249 g/mol. The Labute approximate surface area is 107 Å². The van der Waals surface area contributed by atoms with E-state index in [9.17, 15) is 4.39 Å². The van der Waals surface area contributed by atoms with Crippen LogP contribution in [0, 0.1) is 11.7 Å². The first kappa shape index (κ1) is 13.1. The SMILES string of the molecule is CC(C)CCOCCn1ccc2c(F)cccc21. The number of benzene rings is 1. The van der Waals surface area contributed by atoms with Crippen molar-refractivity contribution in [2.24, 2.45) is 5.92 Å². The van der Waals surface area contributed by atoms with Crippen molar-refractivity contribution in [2.45, 2.75) is 26.8 Å². The van der Waals surface area contributed by atoms with Crippen LogP contribution < -0.4 is 0 Å². The highest BCUT2D eigenvalue weighted by molar-refractivity contribution is 5.80. The topological polar surface area (TPSA) is 14.2 Å². The third kappa shape index (κ3) is 3.10. The van der Waals surface area contributed by atoms with E-state index in [4.69, 9.17) is 4.74 Å². The van der Waals surface area contributed by atoms with Gasteiger partial charge in [0.05, 0.1) is 12.1 Å². The maximum Gasteiger partial charge on any atom is 0.132 e. The zero-order valence-corrected chi connectivity index (χ0v) is 11.0. The molecule has 0 fully saturated rings. The van der Waals surface area contributed by atoms with E-state index in [1.54, 1.807) is 6.07 Å². The lowest BCUT2D eigenvalue weighted by Gasteiger charge is -2.08. The Morgan fingerprint density at radius 2 is 2.06 bits per heavy atom. The maximum absolute atomic E-state index is 13.5. The second kappa shape index (κ2) is 6.01. The Bertz CT molecular complexity index is 504. The summed E-state index contributed by atoms with van der Waals surface area (Å²) >= 11 is 0. The Morgan fingerprint density at radius 1 is 1.22 bits per heavy atom. The molecule has 3 heteroatoms. The summed E-state index contributed by atoms with van der Waals surface area (Å²) in [5.74, 6) is 0.512. The highest BCUT2D eigenvalue weighted by atomic mass is 19.1. The van der Waals surface area contributed by atoms with E-state index in [2.05, 4.69) is 13.8 Å². The lowest BCUT2D eigenvalue weighted by molar-refractivity contribution is 0.117. The highest BCUT2D eigenvalue weighted by Crippen LogP contribution is 2.18. The van der Waals surface area contributed by atoms with Crippen LogP contribution in [0.5, 0.6) is 0 Å². The molecule has 1 aromatic heterocycles. The van der Waals surface area contributed by atoms with Gasteiger partial charge in [-0.05, 0) is 30.5 Å². The summed E-state index contributed by atoms with van der Waals surface area (Å²) in [7, 11) is 0. The minimum atomic E-state index is -0.160. The second-order valence-corrected chi connectivity index (χ2v) is 4.98. The van der Waals surface area contributed by atoms with Gasteiger partial charge >= 0.3 is 0 Å². The van der Waals surface area contributed by atoms with Crippen LogP contribution >= 0.6 is 0 Å². The molecule has 1 heterocycles. The van der Waals surface area contributed by atoms with Gasteiger partial charge in [0, 0.05) is 24.7 Å². The van der Waals surface area contributed by atoms with Crippen molar-refractivity contribution < 1.29 is 9.13 Å². The van der Waals surface area contributed by atoms with Crippen LogP contribution in [0.3, 0.4) is 0 Å². The van der Waals surface area contributed by atoms with Gasteiger partial charge in [-0.3, -0.25) is 0 Å². The Hall–Kier alpha value is -1.35. The van der Waals surface area contributed by atoms with Gasteiger partial charge in [0.25, 0.3) is 0 Å². The van der Waals surface area contributed by atoms with Crippen molar-refractivity contribution in [3.8, 4) is 0 Å². The summed E-state index contributed by atoms with van der Waals surface area (Å²) in [6.45, 7) is 6.61. The molecule has 0 amide bonds. The molecule has 2 rings (SSSR count). The summed E-state index contributed by atoms with van der Waals surface area (Å²) in [5, 5.41) is 0.680. The van der Waals surface area contributed by atoms with Gasteiger partial charge in [-0.2, -0.15) is 0 Å². The molecular formula is C15H20FNO. The van der Waals surface area contributed by atoms with Crippen molar-refractivity contribution in [2.75, 3.05) is 13.2 Å².